The van der Waals surface area contributed by atoms with E-state index in [1.54, 1.807) is 0 Å². The van der Waals surface area contributed by atoms with Crippen LogP contribution in [0.4, 0.5) is 0 Å². The molecule has 0 radical (unpaired) electrons. The fraction of sp³-hybridized carbons (Fsp3) is 0.452. The molecule has 34 heavy (non-hydrogen) atoms. The highest BCUT2D eigenvalue weighted by Crippen LogP contribution is 2.70. The number of ether oxygens (including phenoxy) is 1. The SMILES string of the molecule is COC(=O)Cc1ccc2cc(-c3ccc(O)c(C45CC6CC(C)(CC(C)(C6)C4)C5)c3)ccc2c1. The van der Waals surface area contributed by atoms with Crippen molar-refractivity contribution in [2.24, 2.45) is 16.7 Å². The van der Waals surface area contributed by atoms with Crippen molar-refractivity contribution in [1.82, 2.24) is 0 Å². The number of phenolic OH excluding ortho intramolecular Hbond substituents is 1. The minimum atomic E-state index is -0.222. The molecule has 4 bridgehead atoms. The summed E-state index contributed by atoms with van der Waals surface area (Å²) in [6.45, 7) is 4.98. The smallest absolute Gasteiger partial charge is 0.309 e. The predicted octanol–water partition coefficient (Wildman–Crippen LogP) is 7.18. The van der Waals surface area contributed by atoms with Crippen LogP contribution in [0, 0.1) is 16.7 Å². The Morgan fingerprint density at radius 3 is 2.24 bits per heavy atom. The van der Waals surface area contributed by atoms with E-state index < -0.39 is 0 Å². The molecule has 176 valence electrons. The summed E-state index contributed by atoms with van der Waals surface area (Å²) in [5.41, 5.74) is 5.37. The van der Waals surface area contributed by atoms with E-state index >= 15 is 0 Å². The molecule has 0 amide bonds. The molecule has 2 atom stereocenters. The van der Waals surface area contributed by atoms with E-state index in [-0.39, 0.29) is 17.8 Å². The van der Waals surface area contributed by atoms with Gasteiger partial charge in [-0.25, -0.2) is 0 Å². The maximum Gasteiger partial charge on any atom is 0.309 e. The third-order valence-corrected chi connectivity index (χ3v) is 9.01. The summed E-state index contributed by atoms with van der Waals surface area (Å²) >= 11 is 0. The van der Waals surface area contributed by atoms with E-state index in [0.717, 1.165) is 27.8 Å². The van der Waals surface area contributed by atoms with E-state index in [1.807, 2.05) is 12.1 Å². The molecule has 2 unspecified atom stereocenters. The van der Waals surface area contributed by atoms with Crippen LogP contribution >= 0.6 is 0 Å². The van der Waals surface area contributed by atoms with Gasteiger partial charge in [0.05, 0.1) is 13.5 Å². The average molecular weight is 455 g/mol. The molecular weight excluding hydrogens is 420 g/mol. The summed E-state index contributed by atoms with van der Waals surface area (Å²) in [6.07, 6.45) is 7.95. The zero-order valence-electron chi connectivity index (χ0n) is 20.5. The van der Waals surface area contributed by atoms with Crippen molar-refractivity contribution in [1.29, 1.82) is 0 Å². The third kappa shape index (κ3) is 3.52. The van der Waals surface area contributed by atoms with Crippen molar-refractivity contribution < 1.29 is 14.6 Å². The Bertz CT molecular complexity index is 1290. The minimum absolute atomic E-state index is 0.0998. The molecule has 0 spiro atoms. The molecule has 0 heterocycles. The maximum absolute atomic E-state index is 11.6. The first-order valence-corrected chi connectivity index (χ1v) is 12.6. The number of benzene rings is 3. The van der Waals surface area contributed by atoms with Crippen LogP contribution in [0.2, 0.25) is 0 Å². The quantitative estimate of drug-likeness (QED) is 0.425. The summed E-state index contributed by atoms with van der Waals surface area (Å²) in [5.74, 6) is 1.03. The highest BCUT2D eigenvalue weighted by Gasteiger charge is 2.61. The lowest BCUT2D eigenvalue weighted by molar-refractivity contribution is -0.139. The summed E-state index contributed by atoms with van der Waals surface area (Å²) in [6, 6.07) is 18.9. The highest BCUT2D eigenvalue weighted by molar-refractivity contribution is 5.89. The number of hydrogen-bond acceptors (Lipinski definition) is 3. The number of phenols is 1. The van der Waals surface area contributed by atoms with Gasteiger partial charge in [-0.1, -0.05) is 50.2 Å². The average Bonchev–Trinajstić information content (AvgIpc) is 2.76. The third-order valence-electron chi connectivity index (χ3n) is 9.01. The largest absolute Gasteiger partial charge is 0.508 e. The van der Waals surface area contributed by atoms with Gasteiger partial charge in [0.2, 0.25) is 0 Å². The second-order valence-corrected chi connectivity index (χ2v) is 12.3. The van der Waals surface area contributed by atoms with Crippen molar-refractivity contribution >= 4 is 16.7 Å². The summed E-state index contributed by atoms with van der Waals surface area (Å²) in [5, 5.41) is 13.3. The van der Waals surface area contributed by atoms with E-state index in [1.165, 1.54) is 56.8 Å². The van der Waals surface area contributed by atoms with Crippen LogP contribution in [-0.2, 0) is 21.4 Å². The van der Waals surface area contributed by atoms with Crippen LogP contribution in [0.5, 0.6) is 5.75 Å². The number of carbonyl (C=O) groups excluding carboxylic acids is 1. The van der Waals surface area contributed by atoms with E-state index in [2.05, 4.69) is 56.3 Å². The number of hydrogen-bond donors (Lipinski definition) is 1. The molecular formula is C31H34O3. The molecule has 3 nitrogen and oxygen atoms in total. The van der Waals surface area contributed by atoms with Crippen molar-refractivity contribution in [2.45, 2.75) is 64.2 Å². The molecule has 0 aliphatic heterocycles. The van der Waals surface area contributed by atoms with Gasteiger partial charge in [0, 0.05) is 11.0 Å². The lowest BCUT2D eigenvalue weighted by atomic mass is 9.39. The molecule has 4 aliphatic carbocycles. The Morgan fingerprint density at radius 1 is 0.882 bits per heavy atom. The Balaban J connectivity index is 1.37. The van der Waals surface area contributed by atoms with Gasteiger partial charge in [0.15, 0.2) is 0 Å². The highest BCUT2D eigenvalue weighted by atomic mass is 16.5. The van der Waals surface area contributed by atoms with Gasteiger partial charge in [-0.2, -0.15) is 0 Å². The predicted molar refractivity (Wildman–Crippen MR) is 136 cm³/mol. The van der Waals surface area contributed by atoms with Gasteiger partial charge in [-0.15, -0.1) is 0 Å². The van der Waals surface area contributed by atoms with Gasteiger partial charge in [0.1, 0.15) is 5.75 Å². The van der Waals surface area contributed by atoms with Gasteiger partial charge in [0.25, 0.3) is 0 Å². The number of carbonyl (C=O) groups is 1. The normalized spacial score (nSPS) is 31.7. The Hall–Kier alpha value is -2.81. The van der Waals surface area contributed by atoms with Crippen LogP contribution in [-0.4, -0.2) is 18.2 Å². The van der Waals surface area contributed by atoms with Gasteiger partial charge < -0.3 is 9.84 Å². The number of aromatic hydroxyl groups is 1. The first-order chi connectivity index (χ1) is 16.2. The standard InChI is InChI=1S/C31H34O3/c1-29-14-21-15-30(2,17-29)19-31(16-21,18-29)26-13-25(8-9-27(26)32)24-7-6-22-10-20(11-28(33)34-3)4-5-23(22)12-24/h4-10,12-13,21,32H,11,14-19H2,1-3H3. The lowest BCUT2D eigenvalue weighted by Crippen LogP contribution is -2.56. The topological polar surface area (TPSA) is 46.5 Å². The van der Waals surface area contributed by atoms with Gasteiger partial charge in [-0.3, -0.25) is 4.79 Å². The summed E-state index contributed by atoms with van der Waals surface area (Å²) in [7, 11) is 1.42. The van der Waals surface area contributed by atoms with E-state index in [4.69, 9.17) is 4.74 Å². The minimum Gasteiger partial charge on any atom is -0.508 e. The summed E-state index contributed by atoms with van der Waals surface area (Å²) in [4.78, 5) is 11.6. The molecule has 4 saturated carbocycles. The molecule has 4 fully saturated rings. The van der Waals surface area contributed by atoms with Crippen molar-refractivity contribution in [3.8, 4) is 16.9 Å². The molecule has 4 aliphatic rings. The summed E-state index contributed by atoms with van der Waals surface area (Å²) < 4.78 is 4.80. The fourth-order valence-corrected chi connectivity index (χ4v) is 8.71. The number of fused-ring (bicyclic) bond motifs is 1. The zero-order valence-corrected chi connectivity index (χ0v) is 20.5. The van der Waals surface area contributed by atoms with Crippen LogP contribution in [0.1, 0.15) is 63.5 Å². The van der Waals surface area contributed by atoms with E-state index in [9.17, 15) is 9.90 Å². The number of esters is 1. The monoisotopic (exact) mass is 454 g/mol. The Labute approximate surface area is 202 Å². The van der Waals surface area contributed by atoms with Crippen molar-refractivity contribution in [3.63, 3.8) is 0 Å². The molecule has 3 aromatic rings. The molecule has 1 N–H and O–H groups in total. The Morgan fingerprint density at radius 2 is 1.53 bits per heavy atom. The molecule has 0 aromatic heterocycles. The van der Waals surface area contributed by atoms with Crippen LogP contribution in [0.25, 0.3) is 21.9 Å². The molecule has 3 heteroatoms. The maximum atomic E-state index is 11.6. The molecule has 7 rings (SSSR count). The second kappa shape index (κ2) is 7.34. The van der Waals surface area contributed by atoms with Crippen LogP contribution in [0.15, 0.2) is 54.6 Å². The molecule has 3 aromatic carbocycles. The molecule has 0 saturated heterocycles. The Kier molecular flexibility index (Phi) is 4.69. The number of rotatable bonds is 4. The van der Waals surface area contributed by atoms with Crippen molar-refractivity contribution in [3.05, 3.63) is 65.7 Å². The lowest BCUT2D eigenvalue weighted by Gasteiger charge is -2.65. The first kappa shape index (κ1) is 21.7. The van der Waals surface area contributed by atoms with Gasteiger partial charge in [-0.05, 0) is 101 Å². The van der Waals surface area contributed by atoms with Crippen LogP contribution < -0.4 is 0 Å². The zero-order chi connectivity index (χ0) is 23.7. The van der Waals surface area contributed by atoms with Gasteiger partial charge >= 0.3 is 5.97 Å². The second-order valence-electron chi connectivity index (χ2n) is 12.3. The number of methoxy groups -OCH3 is 1. The fourth-order valence-electron chi connectivity index (χ4n) is 8.71. The van der Waals surface area contributed by atoms with E-state index in [0.29, 0.717) is 16.6 Å². The first-order valence-electron chi connectivity index (χ1n) is 12.6. The van der Waals surface area contributed by atoms with Crippen LogP contribution in [0.3, 0.4) is 0 Å². The van der Waals surface area contributed by atoms with Crippen molar-refractivity contribution in [2.75, 3.05) is 7.11 Å².